The van der Waals surface area contributed by atoms with Crippen molar-refractivity contribution in [2.24, 2.45) is 0 Å². The van der Waals surface area contributed by atoms with E-state index in [9.17, 15) is 44.7 Å². The Balaban J connectivity index is 1.95. The lowest BCUT2D eigenvalue weighted by molar-refractivity contribution is -0.384. The van der Waals surface area contributed by atoms with Crippen LogP contribution in [0.3, 0.4) is 0 Å². The number of hydrogen-bond donors (Lipinski definition) is 5. The highest BCUT2D eigenvalue weighted by molar-refractivity contribution is 5.87. The summed E-state index contributed by atoms with van der Waals surface area (Å²) >= 11 is 0. The fourth-order valence-electron chi connectivity index (χ4n) is 4.49. The van der Waals surface area contributed by atoms with Crippen molar-refractivity contribution in [2.45, 2.75) is 75.6 Å². The second kappa shape index (κ2) is 14.7. The number of esters is 4. The van der Waals surface area contributed by atoms with Crippen LogP contribution in [0.1, 0.15) is 26.3 Å². The number of aromatic hydroxyl groups is 1. The van der Waals surface area contributed by atoms with Gasteiger partial charge in [-0.25, -0.2) is 4.79 Å². The second-order valence-corrected chi connectivity index (χ2v) is 9.68. The van der Waals surface area contributed by atoms with Gasteiger partial charge < -0.3 is 58.7 Å². The van der Waals surface area contributed by atoms with E-state index in [0.717, 1.165) is 26.8 Å². The molecule has 0 radical (unpaired) electrons. The van der Waals surface area contributed by atoms with Crippen LogP contribution in [0.25, 0.3) is 6.08 Å². The summed E-state index contributed by atoms with van der Waals surface area (Å²) in [7, 11) is 0. The maximum Gasteiger partial charge on any atom is 0.331 e. The van der Waals surface area contributed by atoms with Crippen LogP contribution in [0.5, 0.6) is 5.75 Å². The zero-order valence-corrected chi connectivity index (χ0v) is 23.4. The molecular formula is C27H34O16. The molecule has 2 aliphatic rings. The Labute approximate surface area is 245 Å². The molecule has 3 rings (SSSR count). The third-order valence-electron chi connectivity index (χ3n) is 6.41. The van der Waals surface area contributed by atoms with E-state index >= 15 is 0 Å². The van der Waals surface area contributed by atoms with E-state index in [-0.39, 0.29) is 5.75 Å². The summed E-state index contributed by atoms with van der Waals surface area (Å²) in [6.45, 7) is 0.601. The predicted molar refractivity (Wildman–Crippen MR) is 138 cm³/mol. The average Bonchev–Trinajstić information content (AvgIpc) is 3.21. The van der Waals surface area contributed by atoms with E-state index in [2.05, 4.69) is 0 Å². The molecule has 238 valence electrons. The average molecular weight is 615 g/mol. The number of ether oxygens (including phenoxy) is 7. The highest BCUT2D eigenvalue weighted by atomic mass is 16.8. The van der Waals surface area contributed by atoms with E-state index < -0.39 is 98.5 Å². The number of benzene rings is 1. The molecule has 0 spiro atoms. The number of phenols is 1. The number of hydrogen-bond acceptors (Lipinski definition) is 16. The van der Waals surface area contributed by atoms with Crippen molar-refractivity contribution in [3.63, 3.8) is 0 Å². The fraction of sp³-hybridized carbons (Fsp3) is 0.556. The Hall–Kier alpha value is -3.64. The molecule has 5 N–H and O–H groups in total. The van der Waals surface area contributed by atoms with Crippen LogP contribution in [0.2, 0.25) is 0 Å². The standard InChI is InChI=1S/C27H34O16/c1-13(30)37-11-19-21(35)23(38-14(2)31)24(39-15(3)32)26(40-19)43-27(12-29)25(22(36)18(10-28)42-27)41-20(34)9-6-16-4-7-17(33)8-5-16/h4-9,18-19,21-26,28-29,33,35-36H,10-12H2,1-3H3/b9-6+/t18-,19-,21-,22-,23+,24-,25+,26-,27+/m1/s1. The van der Waals surface area contributed by atoms with Crippen LogP contribution in [0.4, 0.5) is 0 Å². The first-order valence-electron chi connectivity index (χ1n) is 13.0. The van der Waals surface area contributed by atoms with Crippen molar-refractivity contribution in [1.82, 2.24) is 0 Å². The zero-order valence-electron chi connectivity index (χ0n) is 23.4. The van der Waals surface area contributed by atoms with Gasteiger partial charge in [-0.15, -0.1) is 0 Å². The largest absolute Gasteiger partial charge is 0.508 e. The maximum absolute atomic E-state index is 12.7. The monoisotopic (exact) mass is 614 g/mol. The van der Waals surface area contributed by atoms with Crippen molar-refractivity contribution in [3.05, 3.63) is 35.9 Å². The Morgan fingerprint density at radius 2 is 1.51 bits per heavy atom. The highest BCUT2D eigenvalue weighted by Crippen LogP contribution is 2.39. The van der Waals surface area contributed by atoms with Crippen molar-refractivity contribution in [3.8, 4) is 5.75 Å². The SMILES string of the molecule is CC(=O)OC[C@H]1O[C@H](O[C@]2(CO)O[C@H](CO)[C@@H](O)[C@@H]2OC(=O)/C=C/c2ccc(O)cc2)[C@H](OC(C)=O)[C@@H](OC(C)=O)[C@@H]1O. The molecule has 0 bridgehead atoms. The van der Waals surface area contributed by atoms with E-state index in [0.29, 0.717) is 5.56 Å². The number of rotatable bonds is 11. The molecule has 2 fully saturated rings. The van der Waals surface area contributed by atoms with Gasteiger partial charge in [0, 0.05) is 26.8 Å². The van der Waals surface area contributed by atoms with Gasteiger partial charge in [0.2, 0.25) is 12.1 Å². The topological polar surface area (TPSA) is 234 Å². The molecule has 0 amide bonds. The third-order valence-corrected chi connectivity index (χ3v) is 6.41. The van der Waals surface area contributed by atoms with E-state index in [1.54, 1.807) is 0 Å². The second-order valence-electron chi connectivity index (χ2n) is 9.68. The summed E-state index contributed by atoms with van der Waals surface area (Å²) < 4.78 is 37.9. The Kier molecular flexibility index (Phi) is 11.6. The van der Waals surface area contributed by atoms with Gasteiger partial charge in [0.15, 0.2) is 18.3 Å². The maximum atomic E-state index is 12.7. The fourth-order valence-corrected chi connectivity index (χ4v) is 4.49. The minimum atomic E-state index is -2.47. The first-order valence-corrected chi connectivity index (χ1v) is 13.0. The molecule has 43 heavy (non-hydrogen) atoms. The Morgan fingerprint density at radius 1 is 0.884 bits per heavy atom. The zero-order chi connectivity index (χ0) is 31.9. The van der Waals surface area contributed by atoms with Gasteiger partial charge >= 0.3 is 23.9 Å². The summed E-state index contributed by atoms with van der Waals surface area (Å²) in [6, 6.07) is 5.78. The number of phenolic OH excluding ortho intramolecular Hbond substituents is 1. The molecule has 0 aromatic heterocycles. The summed E-state index contributed by atoms with van der Waals surface area (Å²) in [5.74, 6) is -6.07. The first kappa shape index (κ1) is 33.9. The van der Waals surface area contributed by atoms with Crippen molar-refractivity contribution < 1.29 is 77.9 Å². The van der Waals surface area contributed by atoms with E-state index in [4.69, 9.17) is 33.2 Å². The molecule has 0 unspecified atom stereocenters. The molecule has 2 saturated heterocycles. The summed E-state index contributed by atoms with van der Waals surface area (Å²) in [4.78, 5) is 48.0. The van der Waals surface area contributed by atoms with Crippen molar-refractivity contribution >= 4 is 30.0 Å². The molecule has 16 heteroatoms. The number of aliphatic hydroxyl groups excluding tert-OH is 4. The predicted octanol–water partition coefficient (Wildman–Crippen LogP) is -1.71. The number of aliphatic hydroxyl groups is 4. The van der Waals surface area contributed by atoms with E-state index in [1.807, 2.05) is 0 Å². The van der Waals surface area contributed by atoms with E-state index in [1.165, 1.54) is 30.3 Å². The summed E-state index contributed by atoms with van der Waals surface area (Å²) in [6.07, 6.45) is -11.1. The first-order chi connectivity index (χ1) is 20.3. The molecule has 9 atom stereocenters. The molecule has 1 aromatic carbocycles. The van der Waals surface area contributed by atoms with Gasteiger partial charge in [-0.2, -0.15) is 0 Å². The highest BCUT2D eigenvalue weighted by Gasteiger charge is 2.62. The quantitative estimate of drug-likeness (QED) is 0.106. The van der Waals surface area contributed by atoms with Gasteiger partial charge in [-0.1, -0.05) is 12.1 Å². The molecule has 1 aromatic rings. The molecule has 2 aliphatic heterocycles. The summed E-state index contributed by atoms with van der Waals surface area (Å²) in [5, 5.41) is 51.3. The molecular weight excluding hydrogens is 580 g/mol. The molecule has 16 nitrogen and oxygen atoms in total. The lowest BCUT2D eigenvalue weighted by Gasteiger charge is -2.45. The van der Waals surface area contributed by atoms with Gasteiger partial charge in [0.05, 0.1) is 6.61 Å². The number of carbonyl (C=O) groups excluding carboxylic acids is 4. The third kappa shape index (κ3) is 8.47. The van der Waals surface area contributed by atoms with Gasteiger partial charge in [-0.05, 0) is 23.8 Å². The van der Waals surface area contributed by atoms with Gasteiger partial charge in [0.25, 0.3) is 0 Å². The van der Waals surface area contributed by atoms with Gasteiger partial charge in [0.1, 0.15) is 43.4 Å². The van der Waals surface area contributed by atoms with Crippen LogP contribution in [-0.2, 0) is 52.3 Å². The Bertz CT molecular complexity index is 1170. The minimum absolute atomic E-state index is 0.00132. The lowest BCUT2D eigenvalue weighted by atomic mass is 9.98. The molecule has 0 saturated carbocycles. The number of carbonyl (C=O) groups is 4. The van der Waals surface area contributed by atoms with Crippen LogP contribution < -0.4 is 0 Å². The Morgan fingerprint density at radius 3 is 2.07 bits per heavy atom. The van der Waals surface area contributed by atoms with Crippen molar-refractivity contribution in [1.29, 1.82) is 0 Å². The van der Waals surface area contributed by atoms with Crippen LogP contribution >= 0.6 is 0 Å². The summed E-state index contributed by atoms with van der Waals surface area (Å²) in [5.41, 5.74) is 0.504. The van der Waals surface area contributed by atoms with Crippen LogP contribution in [0, 0.1) is 0 Å². The van der Waals surface area contributed by atoms with Gasteiger partial charge in [-0.3, -0.25) is 14.4 Å². The molecule has 2 heterocycles. The van der Waals surface area contributed by atoms with Crippen LogP contribution in [-0.4, -0.2) is 124 Å². The van der Waals surface area contributed by atoms with Crippen LogP contribution in [0.15, 0.2) is 30.3 Å². The smallest absolute Gasteiger partial charge is 0.331 e. The minimum Gasteiger partial charge on any atom is -0.508 e. The lowest BCUT2D eigenvalue weighted by Crippen LogP contribution is -2.64. The normalized spacial score (nSPS) is 32.3. The van der Waals surface area contributed by atoms with Crippen molar-refractivity contribution in [2.75, 3.05) is 19.8 Å². The molecule has 0 aliphatic carbocycles.